The van der Waals surface area contributed by atoms with Gasteiger partial charge in [0.25, 0.3) is 0 Å². The number of aryl methyl sites for hydroxylation is 2. The van der Waals surface area contributed by atoms with E-state index in [9.17, 15) is 0 Å². The van der Waals surface area contributed by atoms with E-state index in [1.54, 1.807) is 0 Å². The van der Waals surface area contributed by atoms with Crippen LogP contribution in [-0.4, -0.2) is 0 Å². The molecule has 3 aromatic rings. The summed E-state index contributed by atoms with van der Waals surface area (Å²) in [5, 5.41) is 1.16. The highest BCUT2D eigenvalue weighted by atomic mass is 16.5. The van der Waals surface area contributed by atoms with Crippen LogP contribution in [0, 0.1) is 13.8 Å². The van der Waals surface area contributed by atoms with E-state index in [2.05, 4.69) is 19.1 Å². The molecule has 96 valence electrons. The lowest BCUT2D eigenvalue weighted by atomic mass is 10.1. The Kier molecular flexibility index (Phi) is 3.00. The summed E-state index contributed by atoms with van der Waals surface area (Å²) < 4.78 is 11.6. The van der Waals surface area contributed by atoms with Gasteiger partial charge in [0.15, 0.2) is 0 Å². The first kappa shape index (κ1) is 11.8. The van der Waals surface area contributed by atoms with Gasteiger partial charge in [0, 0.05) is 5.39 Å². The lowest BCUT2D eigenvalue weighted by Crippen LogP contribution is -1.95. The van der Waals surface area contributed by atoms with Gasteiger partial charge in [-0.1, -0.05) is 30.3 Å². The molecule has 1 heterocycles. The second-order valence-corrected chi connectivity index (χ2v) is 4.75. The lowest BCUT2D eigenvalue weighted by molar-refractivity contribution is 0.273. The largest absolute Gasteiger partial charge is 0.485 e. The maximum atomic E-state index is 5.80. The van der Waals surface area contributed by atoms with E-state index >= 15 is 0 Å². The average molecular weight is 252 g/mol. The monoisotopic (exact) mass is 252 g/mol. The molecule has 0 spiro atoms. The van der Waals surface area contributed by atoms with Gasteiger partial charge in [-0.15, -0.1) is 0 Å². The molecule has 0 saturated heterocycles. The van der Waals surface area contributed by atoms with E-state index < -0.39 is 0 Å². The fourth-order valence-electron chi connectivity index (χ4n) is 2.20. The molecule has 0 fully saturated rings. The van der Waals surface area contributed by atoms with E-state index in [1.807, 2.05) is 43.3 Å². The number of rotatable bonds is 3. The van der Waals surface area contributed by atoms with E-state index in [0.717, 1.165) is 28.0 Å². The zero-order valence-electron chi connectivity index (χ0n) is 11.1. The minimum Gasteiger partial charge on any atom is -0.485 e. The molecule has 0 radical (unpaired) electrons. The normalized spacial score (nSPS) is 10.8. The van der Waals surface area contributed by atoms with Gasteiger partial charge in [-0.05, 0) is 43.2 Å². The molecule has 1 aromatic heterocycles. The summed E-state index contributed by atoms with van der Waals surface area (Å²) in [7, 11) is 0. The highest BCUT2D eigenvalue weighted by molar-refractivity contribution is 5.81. The highest BCUT2D eigenvalue weighted by Gasteiger charge is 2.06. The van der Waals surface area contributed by atoms with Crippen molar-refractivity contribution in [2.45, 2.75) is 20.5 Å². The molecule has 2 heteroatoms. The Hall–Kier alpha value is -2.22. The average Bonchev–Trinajstić information content (AvgIpc) is 2.82. The van der Waals surface area contributed by atoms with E-state index in [4.69, 9.17) is 9.15 Å². The molecule has 0 aliphatic rings. The van der Waals surface area contributed by atoms with Crippen LogP contribution < -0.4 is 4.74 Å². The van der Waals surface area contributed by atoms with Gasteiger partial charge in [-0.2, -0.15) is 0 Å². The number of furan rings is 1. The topological polar surface area (TPSA) is 22.4 Å². The molecule has 0 N–H and O–H groups in total. The van der Waals surface area contributed by atoms with Crippen molar-refractivity contribution in [3.05, 3.63) is 65.4 Å². The van der Waals surface area contributed by atoms with Gasteiger partial charge in [-0.25, -0.2) is 0 Å². The van der Waals surface area contributed by atoms with Crippen molar-refractivity contribution < 1.29 is 9.15 Å². The van der Waals surface area contributed by atoms with E-state index in [1.165, 1.54) is 5.56 Å². The molecule has 0 aliphatic heterocycles. The van der Waals surface area contributed by atoms with Gasteiger partial charge in [0.1, 0.15) is 23.7 Å². The van der Waals surface area contributed by atoms with Crippen LogP contribution in [-0.2, 0) is 6.61 Å². The Balaban J connectivity index is 1.83. The molecular weight excluding hydrogens is 236 g/mol. The van der Waals surface area contributed by atoms with Crippen LogP contribution >= 0.6 is 0 Å². The lowest BCUT2D eigenvalue weighted by Gasteiger charge is -2.06. The fourth-order valence-corrected chi connectivity index (χ4v) is 2.20. The molecule has 2 nitrogen and oxygen atoms in total. The van der Waals surface area contributed by atoms with E-state index in [0.29, 0.717) is 6.61 Å². The van der Waals surface area contributed by atoms with Crippen LogP contribution in [0.2, 0.25) is 0 Å². The van der Waals surface area contributed by atoms with Crippen LogP contribution in [0.5, 0.6) is 5.75 Å². The first-order chi connectivity index (χ1) is 9.24. The summed E-state index contributed by atoms with van der Waals surface area (Å²) >= 11 is 0. The molecule has 19 heavy (non-hydrogen) atoms. The Morgan fingerprint density at radius 3 is 2.53 bits per heavy atom. The summed E-state index contributed by atoms with van der Waals surface area (Å²) in [5.41, 5.74) is 3.28. The van der Waals surface area contributed by atoms with Gasteiger partial charge < -0.3 is 9.15 Å². The van der Waals surface area contributed by atoms with Crippen LogP contribution in [0.15, 0.2) is 52.9 Å². The maximum absolute atomic E-state index is 5.80. The van der Waals surface area contributed by atoms with Gasteiger partial charge in [0.2, 0.25) is 0 Å². The van der Waals surface area contributed by atoms with Crippen molar-refractivity contribution in [2.24, 2.45) is 0 Å². The van der Waals surface area contributed by atoms with Gasteiger partial charge >= 0.3 is 0 Å². The van der Waals surface area contributed by atoms with Gasteiger partial charge in [0.05, 0.1) is 0 Å². The van der Waals surface area contributed by atoms with Crippen molar-refractivity contribution in [3.8, 4) is 5.75 Å². The molecule has 0 bridgehead atoms. The number of hydrogen-bond acceptors (Lipinski definition) is 2. The summed E-state index contributed by atoms with van der Waals surface area (Å²) in [6, 6.07) is 16.1. The zero-order chi connectivity index (χ0) is 13.2. The van der Waals surface area contributed by atoms with Crippen molar-refractivity contribution in [3.63, 3.8) is 0 Å². The minimum absolute atomic E-state index is 0.457. The van der Waals surface area contributed by atoms with Crippen molar-refractivity contribution in [1.29, 1.82) is 0 Å². The Labute approximate surface area is 112 Å². The van der Waals surface area contributed by atoms with Crippen LogP contribution in [0.1, 0.15) is 16.9 Å². The predicted molar refractivity (Wildman–Crippen MR) is 76.5 cm³/mol. The first-order valence-electron chi connectivity index (χ1n) is 6.40. The molecule has 2 aromatic carbocycles. The Morgan fingerprint density at radius 1 is 0.947 bits per heavy atom. The quantitative estimate of drug-likeness (QED) is 0.678. The second-order valence-electron chi connectivity index (χ2n) is 4.75. The number of hydrogen-bond donors (Lipinski definition) is 0. The smallest absolute Gasteiger partial charge is 0.146 e. The molecule has 0 saturated carbocycles. The third-order valence-electron chi connectivity index (χ3n) is 3.29. The fraction of sp³-hybridized carbons (Fsp3) is 0.176. The number of benzene rings is 2. The van der Waals surface area contributed by atoms with Crippen LogP contribution in [0.3, 0.4) is 0 Å². The number of fused-ring (bicyclic) bond motifs is 1. The Bertz CT molecular complexity index is 710. The summed E-state index contributed by atoms with van der Waals surface area (Å²) in [4.78, 5) is 0. The summed E-state index contributed by atoms with van der Waals surface area (Å²) in [5.74, 6) is 1.76. The van der Waals surface area contributed by atoms with Crippen molar-refractivity contribution in [1.82, 2.24) is 0 Å². The van der Waals surface area contributed by atoms with Crippen LogP contribution in [0.4, 0.5) is 0 Å². The molecule has 0 unspecified atom stereocenters. The zero-order valence-corrected chi connectivity index (χ0v) is 11.1. The number of ether oxygens (including phenoxy) is 1. The van der Waals surface area contributed by atoms with Crippen LogP contribution in [0.25, 0.3) is 11.0 Å². The second kappa shape index (κ2) is 4.81. The van der Waals surface area contributed by atoms with Crippen molar-refractivity contribution >= 4 is 11.0 Å². The minimum atomic E-state index is 0.457. The first-order valence-corrected chi connectivity index (χ1v) is 6.40. The molecule has 0 amide bonds. The summed E-state index contributed by atoms with van der Waals surface area (Å²) in [6.45, 7) is 4.58. The molecule has 0 aliphatic carbocycles. The van der Waals surface area contributed by atoms with Gasteiger partial charge in [-0.3, -0.25) is 0 Å². The Morgan fingerprint density at radius 2 is 1.74 bits per heavy atom. The molecule has 3 rings (SSSR count). The highest BCUT2D eigenvalue weighted by Crippen LogP contribution is 2.24. The molecule has 0 atom stereocenters. The van der Waals surface area contributed by atoms with E-state index in [-0.39, 0.29) is 0 Å². The molecular formula is C17H16O2. The van der Waals surface area contributed by atoms with Crippen molar-refractivity contribution in [2.75, 3.05) is 0 Å². The maximum Gasteiger partial charge on any atom is 0.146 e. The third-order valence-corrected chi connectivity index (χ3v) is 3.29. The standard InChI is InChI=1S/C17H16O2/c1-12-7-5-9-17-15(12)10-14(19-17)11-18-16-8-4-3-6-13(16)2/h3-10H,11H2,1-2H3. The summed E-state index contributed by atoms with van der Waals surface area (Å²) in [6.07, 6.45) is 0. The number of para-hydroxylation sites is 1. The predicted octanol–water partition coefficient (Wildman–Crippen LogP) is 4.63. The third kappa shape index (κ3) is 2.34. The SMILES string of the molecule is Cc1ccccc1OCc1cc2c(C)cccc2o1.